The van der Waals surface area contributed by atoms with Crippen molar-refractivity contribution in [2.24, 2.45) is 0 Å². The molecule has 0 aliphatic carbocycles. The fraction of sp³-hybridized carbons (Fsp3) is 0.256. The van der Waals surface area contributed by atoms with Crippen LogP contribution in [0, 0.1) is 0 Å². The lowest BCUT2D eigenvalue weighted by atomic mass is 10.0. The highest BCUT2D eigenvalue weighted by Crippen LogP contribution is 2.47. The van der Waals surface area contributed by atoms with Gasteiger partial charge < -0.3 is 33.7 Å². The molecule has 11 nitrogen and oxygen atoms in total. The molecule has 4 aromatic carbocycles. The average Bonchev–Trinajstić information content (AvgIpc) is 3.67. The molecule has 268 valence electrons. The lowest BCUT2D eigenvalue weighted by Gasteiger charge is -2.29. The number of phenols is 1. The van der Waals surface area contributed by atoms with E-state index in [4.69, 9.17) is 23.7 Å². The zero-order valence-corrected chi connectivity index (χ0v) is 30.4. The Kier molecular flexibility index (Phi) is 11.0. The van der Waals surface area contributed by atoms with Crippen molar-refractivity contribution in [3.05, 3.63) is 101 Å². The third-order valence-corrected chi connectivity index (χ3v) is 10.4. The predicted octanol–water partition coefficient (Wildman–Crippen LogP) is 7.08. The number of piperidine rings is 1. The fourth-order valence-corrected chi connectivity index (χ4v) is 7.55. The molecule has 52 heavy (non-hydrogen) atoms. The van der Waals surface area contributed by atoms with E-state index in [1.54, 1.807) is 41.7 Å². The Morgan fingerprint density at radius 3 is 2.29 bits per heavy atom. The second-order valence-electron chi connectivity index (χ2n) is 12.1. The lowest BCUT2D eigenvalue weighted by Crippen LogP contribution is -2.52. The van der Waals surface area contributed by atoms with E-state index in [1.165, 1.54) is 4.90 Å². The molecule has 1 aromatic heterocycles. The van der Waals surface area contributed by atoms with Crippen molar-refractivity contribution < 1.29 is 43.2 Å². The van der Waals surface area contributed by atoms with Gasteiger partial charge in [0.15, 0.2) is 5.75 Å². The molecule has 0 radical (unpaired) electrons. The van der Waals surface area contributed by atoms with Gasteiger partial charge in [-0.25, -0.2) is 0 Å². The standard InChI is InChI=1S/C39H35BrN2O9S/c40-25-6-4-24(5-7-25)37-36(30-13-8-26(43)22-34(30)52-37)51-28-11-9-27(10-12-28)49-20-18-47-16-17-48-19-21-50-33-3-1-2-29-31(33)23-42(39(29)46)32-14-15-35(44)41-38(32)45/h1-13,22,32,43H,14-21,23H2,(H,41,44,45). The third-order valence-electron chi connectivity index (χ3n) is 8.67. The first-order valence-corrected chi connectivity index (χ1v) is 18.4. The number of benzene rings is 4. The Morgan fingerprint density at radius 1 is 0.827 bits per heavy atom. The summed E-state index contributed by atoms with van der Waals surface area (Å²) in [6.45, 7) is 2.38. The Morgan fingerprint density at radius 2 is 1.54 bits per heavy atom. The number of carbonyl (C=O) groups excluding carboxylic acids is 3. The van der Waals surface area contributed by atoms with Crippen LogP contribution >= 0.6 is 27.3 Å². The number of carbonyl (C=O) groups is 3. The van der Waals surface area contributed by atoms with Gasteiger partial charge in [0, 0.05) is 32.1 Å². The molecule has 3 heterocycles. The van der Waals surface area contributed by atoms with Gasteiger partial charge in [-0.05, 0) is 78.7 Å². The number of phenolic OH excluding ortho intramolecular Hbond substituents is 1. The topological polar surface area (TPSA) is 133 Å². The number of imide groups is 1. The molecule has 7 rings (SSSR count). The van der Waals surface area contributed by atoms with Gasteiger partial charge in [-0.1, -0.05) is 34.1 Å². The van der Waals surface area contributed by atoms with Crippen LogP contribution in [0.2, 0.25) is 0 Å². The molecule has 1 unspecified atom stereocenters. The molecule has 13 heteroatoms. The van der Waals surface area contributed by atoms with Gasteiger partial charge in [-0.15, -0.1) is 11.3 Å². The zero-order chi connectivity index (χ0) is 36.0. The second-order valence-corrected chi connectivity index (χ2v) is 14.1. The zero-order valence-electron chi connectivity index (χ0n) is 28.0. The van der Waals surface area contributed by atoms with Gasteiger partial charge in [0.05, 0.1) is 37.8 Å². The van der Waals surface area contributed by atoms with Crippen LogP contribution in [0.15, 0.2) is 89.4 Å². The van der Waals surface area contributed by atoms with Gasteiger partial charge in [0.25, 0.3) is 5.91 Å². The number of nitrogens with zero attached hydrogens (tertiary/aromatic N) is 1. The van der Waals surface area contributed by atoms with E-state index in [2.05, 4.69) is 21.2 Å². The molecule has 0 saturated carbocycles. The smallest absolute Gasteiger partial charge is 0.255 e. The molecule has 5 aromatic rings. The molecule has 0 spiro atoms. The molecule has 1 saturated heterocycles. The molecule has 3 amide bonds. The van der Waals surface area contributed by atoms with Crippen molar-refractivity contribution >= 4 is 55.1 Å². The van der Waals surface area contributed by atoms with E-state index in [0.29, 0.717) is 62.3 Å². The summed E-state index contributed by atoms with van der Waals surface area (Å²) in [5.74, 6) is 1.86. The minimum atomic E-state index is -0.673. The molecule has 1 fully saturated rings. The summed E-state index contributed by atoms with van der Waals surface area (Å²) in [6, 6.07) is 25.3. The van der Waals surface area contributed by atoms with E-state index in [9.17, 15) is 19.5 Å². The second kappa shape index (κ2) is 16.2. The quantitative estimate of drug-likeness (QED) is 0.0844. The van der Waals surface area contributed by atoms with E-state index in [1.807, 2.05) is 54.6 Å². The monoisotopic (exact) mass is 786 g/mol. The number of amides is 3. The van der Waals surface area contributed by atoms with Crippen LogP contribution in [0.1, 0.15) is 28.8 Å². The minimum absolute atomic E-state index is 0.205. The van der Waals surface area contributed by atoms with Gasteiger partial charge in [0.2, 0.25) is 11.8 Å². The van der Waals surface area contributed by atoms with Crippen molar-refractivity contribution in [2.45, 2.75) is 25.4 Å². The molecular weight excluding hydrogens is 752 g/mol. The first kappa shape index (κ1) is 35.5. The van der Waals surface area contributed by atoms with Crippen LogP contribution in [-0.4, -0.2) is 73.4 Å². The normalized spacial score (nSPS) is 15.5. The van der Waals surface area contributed by atoms with Crippen molar-refractivity contribution in [1.82, 2.24) is 10.2 Å². The maximum atomic E-state index is 13.0. The highest BCUT2D eigenvalue weighted by Gasteiger charge is 2.40. The number of ether oxygens (including phenoxy) is 5. The molecule has 2 N–H and O–H groups in total. The Balaban J connectivity index is 0.811. The number of aromatic hydroxyl groups is 1. The SMILES string of the molecule is O=C1CCC(N2Cc3c(OCCOCCOCCOc4ccc(Oc5c(-c6ccc(Br)cc6)sc6cc(O)ccc56)cc4)cccc3C2=O)C(=O)N1. The predicted molar refractivity (Wildman–Crippen MR) is 198 cm³/mol. The van der Waals surface area contributed by atoms with Crippen LogP contribution in [0.5, 0.6) is 28.7 Å². The summed E-state index contributed by atoms with van der Waals surface area (Å²) in [5, 5.41) is 13.3. The number of rotatable bonds is 15. The highest BCUT2D eigenvalue weighted by atomic mass is 79.9. The number of thiophene rings is 1. The van der Waals surface area contributed by atoms with Crippen molar-refractivity contribution in [1.29, 1.82) is 0 Å². The largest absolute Gasteiger partial charge is 0.508 e. The number of hydrogen-bond acceptors (Lipinski definition) is 10. The maximum Gasteiger partial charge on any atom is 0.255 e. The van der Waals surface area contributed by atoms with Crippen LogP contribution in [-0.2, 0) is 25.6 Å². The van der Waals surface area contributed by atoms with Crippen LogP contribution in [0.4, 0.5) is 0 Å². The first-order chi connectivity index (χ1) is 25.3. The van der Waals surface area contributed by atoms with Crippen molar-refractivity contribution in [3.8, 4) is 39.2 Å². The molecular formula is C39H35BrN2O9S. The van der Waals surface area contributed by atoms with Crippen LogP contribution in [0.3, 0.4) is 0 Å². The Hall–Kier alpha value is -4.95. The van der Waals surface area contributed by atoms with Gasteiger partial charge >= 0.3 is 0 Å². The average molecular weight is 788 g/mol. The number of fused-ring (bicyclic) bond motifs is 2. The van der Waals surface area contributed by atoms with E-state index in [0.717, 1.165) is 36.3 Å². The highest BCUT2D eigenvalue weighted by molar-refractivity contribution is 9.10. The number of nitrogens with one attached hydrogen (secondary N) is 1. The molecule has 1 atom stereocenters. The van der Waals surface area contributed by atoms with Crippen molar-refractivity contribution in [3.63, 3.8) is 0 Å². The lowest BCUT2D eigenvalue weighted by molar-refractivity contribution is -0.136. The summed E-state index contributed by atoms with van der Waals surface area (Å²) in [4.78, 5) is 39.3. The van der Waals surface area contributed by atoms with E-state index >= 15 is 0 Å². The summed E-state index contributed by atoms with van der Waals surface area (Å²) >= 11 is 5.06. The summed E-state index contributed by atoms with van der Waals surface area (Å²) < 4.78 is 31.4. The van der Waals surface area contributed by atoms with E-state index in [-0.39, 0.29) is 37.1 Å². The summed E-state index contributed by atoms with van der Waals surface area (Å²) in [6.07, 6.45) is 0.514. The molecule has 2 aliphatic rings. The van der Waals surface area contributed by atoms with E-state index < -0.39 is 11.9 Å². The summed E-state index contributed by atoms with van der Waals surface area (Å²) in [5.41, 5.74) is 2.25. The van der Waals surface area contributed by atoms with Crippen LogP contribution < -0.4 is 19.5 Å². The third kappa shape index (κ3) is 8.07. The molecule has 0 bridgehead atoms. The maximum absolute atomic E-state index is 13.0. The fourth-order valence-electron chi connectivity index (χ4n) is 6.12. The van der Waals surface area contributed by atoms with Crippen LogP contribution in [0.25, 0.3) is 20.5 Å². The number of halogens is 1. The van der Waals surface area contributed by atoms with Gasteiger partial charge in [-0.3, -0.25) is 19.7 Å². The van der Waals surface area contributed by atoms with Gasteiger partial charge in [-0.2, -0.15) is 0 Å². The summed E-state index contributed by atoms with van der Waals surface area (Å²) in [7, 11) is 0. The first-order valence-electron chi connectivity index (χ1n) is 16.8. The number of hydrogen-bond donors (Lipinski definition) is 2. The minimum Gasteiger partial charge on any atom is -0.508 e. The van der Waals surface area contributed by atoms with Gasteiger partial charge in [0.1, 0.15) is 42.3 Å². The molecule has 2 aliphatic heterocycles. The Bertz CT molecular complexity index is 2080. The Labute approximate surface area is 312 Å². The van der Waals surface area contributed by atoms with Crippen molar-refractivity contribution in [2.75, 3.05) is 39.6 Å².